The molecule has 0 spiro atoms. The summed E-state index contributed by atoms with van der Waals surface area (Å²) < 4.78 is 7.80. The number of rotatable bonds is 6. The number of aromatic hydroxyl groups is 1. The quantitative estimate of drug-likeness (QED) is 0.379. The number of carbonyl (C=O) groups excluding carboxylic acids is 1. The fourth-order valence-corrected chi connectivity index (χ4v) is 5.65. The van der Waals surface area contributed by atoms with Gasteiger partial charge in [0, 0.05) is 38.4 Å². The number of nitrogens with zero attached hydrogens (tertiary/aromatic N) is 4. The van der Waals surface area contributed by atoms with Gasteiger partial charge in [0.25, 0.3) is 5.91 Å². The first-order valence-corrected chi connectivity index (χ1v) is 13.5. The highest BCUT2D eigenvalue weighted by Gasteiger charge is 2.37. The lowest BCUT2D eigenvalue weighted by Gasteiger charge is -2.38. The van der Waals surface area contributed by atoms with Gasteiger partial charge in [-0.2, -0.15) is 0 Å². The van der Waals surface area contributed by atoms with Gasteiger partial charge in [-0.25, -0.2) is 4.98 Å². The number of piperazine rings is 1. The van der Waals surface area contributed by atoms with E-state index in [0.29, 0.717) is 37.0 Å². The predicted molar refractivity (Wildman–Crippen MR) is 152 cm³/mol. The van der Waals surface area contributed by atoms with Crippen molar-refractivity contribution in [3.05, 3.63) is 95.2 Å². The predicted octanol–water partition coefficient (Wildman–Crippen LogP) is 4.77. The number of imidazole rings is 1. The molecule has 8 heteroatoms. The number of hydrogen-bond donors (Lipinski definition) is 2. The van der Waals surface area contributed by atoms with Crippen molar-refractivity contribution in [2.75, 3.05) is 38.1 Å². The van der Waals surface area contributed by atoms with Crippen LogP contribution in [0.1, 0.15) is 31.0 Å². The molecule has 1 saturated heterocycles. The zero-order chi connectivity index (χ0) is 26.9. The van der Waals surface area contributed by atoms with E-state index < -0.39 is 6.04 Å². The summed E-state index contributed by atoms with van der Waals surface area (Å²) >= 11 is 0. The van der Waals surface area contributed by atoms with E-state index in [1.165, 1.54) is 5.56 Å². The highest BCUT2D eigenvalue weighted by atomic mass is 16.5. The Hall–Kier alpha value is -4.30. The number of ether oxygens (including phenoxy) is 1. The Labute approximate surface area is 228 Å². The molecule has 0 saturated carbocycles. The topological polar surface area (TPSA) is 82.9 Å². The molecule has 3 heterocycles. The molecule has 39 heavy (non-hydrogen) atoms. The van der Waals surface area contributed by atoms with Crippen LogP contribution in [0, 0.1) is 0 Å². The van der Waals surface area contributed by atoms with E-state index in [0.717, 1.165) is 41.9 Å². The summed E-state index contributed by atoms with van der Waals surface area (Å²) in [6, 6.07) is 23.3. The van der Waals surface area contributed by atoms with Crippen molar-refractivity contribution >= 4 is 22.9 Å². The largest absolute Gasteiger partial charge is 0.504 e. The number of carbonyl (C=O) groups is 1. The summed E-state index contributed by atoms with van der Waals surface area (Å²) in [6.07, 6.45) is 0. The summed E-state index contributed by atoms with van der Waals surface area (Å²) in [4.78, 5) is 23.4. The fourth-order valence-electron chi connectivity index (χ4n) is 5.65. The van der Waals surface area contributed by atoms with Crippen LogP contribution >= 0.6 is 0 Å². The monoisotopic (exact) mass is 523 g/mol. The smallest absolute Gasteiger partial charge is 0.254 e. The Morgan fingerprint density at radius 2 is 1.77 bits per heavy atom. The summed E-state index contributed by atoms with van der Waals surface area (Å²) in [5.41, 5.74) is 5.38. The first-order chi connectivity index (χ1) is 19.0. The zero-order valence-corrected chi connectivity index (χ0v) is 22.3. The molecule has 200 valence electrons. The summed E-state index contributed by atoms with van der Waals surface area (Å²) in [5.74, 6) is 1.18. The third-order valence-corrected chi connectivity index (χ3v) is 7.57. The molecular weight excluding hydrogens is 490 g/mol. The average Bonchev–Trinajstić information content (AvgIpc) is 3.32. The second-order valence-electron chi connectivity index (χ2n) is 10.1. The summed E-state index contributed by atoms with van der Waals surface area (Å²) in [7, 11) is 0. The molecule has 0 aliphatic carbocycles. The standard InChI is InChI=1S/C31H33N5O3/c1-3-39-27-19-23(13-14-26(27)37)29-28(21(2)32-31-33-24-11-7-8-12-25(24)36(29)31)30(38)35-17-15-34(16-18-35)20-22-9-5-4-6-10-22/h4-14,19,29,37H,3,15-18,20H2,1-2H3,(H,32,33)/t29-/m0/s1. The van der Waals surface area contributed by atoms with E-state index in [4.69, 9.17) is 9.72 Å². The molecule has 1 atom stereocenters. The molecule has 2 N–H and O–H groups in total. The van der Waals surface area contributed by atoms with Crippen molar-refractivity contribution in [3.63, 3.8) is 0 Å². The molecule has 2 aliphatic heterocycles. The van der Waals surface area contributed by atoms with Crippen molar-refractivity contribution in [3.8, 4) is 11.5 Å². The van der Waals surface area contributed by atoms with E-state index in [1.807, 2.05) is 61.2 Å². The first-order valence-electron chi connectivity index (χ1n) is 13.5. The molecule has 0 radical (unpaired) electrons. The van der Waals surface area contributed by atoms with E-state index in [9.17, 15) is 9.90 Å². The minimum absolute atomic E-state index is 0.0128. The van der Waals surface area contributed by atoms with Crippen LogP contribution in [-0.4, -0.2) is 63.2 Å². The van der Waals surface area contributed by atoms with Crippen LogP contribution in [0.25, 0.3) is 11.0 Å². The zero-order valence-electron chi connectivity index (χ0n) is 22.3. The highest BCUT2D eigenvalue weighted by Crippen LogP contribution is 2.42. The van der Waals surface area contributed by atoms with Gasteiger partial charge in [0.2, 0.25) is 5.95 Å². The number of phenols is 1. The highest BCUT2D eigenvalue weighted by molar-refractivity contribution is 5.98. The molecule has 6 rings (SSSR count). The Morgan fingerprint density at radius 3 is 2.54 bits per heavy atom. The van der Waals surface area contributed by atoms with Gasteiger partial charge in [0.05, 0.1) is 29.3 Å². The summed E-state index contributed by atoms with van der Waals surface area (Å²) in [5, 5.41) is 13.8. The third-order valence-electron chi connectivity index (χ3n) is 7.57. The molecule has 4 aromatic rings. The van der Waals surface area contributed by atoms with E-state index in [1.54, 1.807) is 6.07 Å². The number of phenolic OH excluding ortho intramolecular Hbond substituents is 1. The van der Waals surface area contributed by atoms with E-state index >= 15 is 0 Å². The van der Waals surface area contributed by atoms with Crippen LogP contribution in [0.2, 0.25) is 0 Å². The number of benzene rings is 3. The number of hydrogen-bond acceptors (Lipinski definition) is 6. The molecule has 1 aromatic heterocycles. The second-order valence-corrected chi connectivity index (χ2v) is 10.1. The van der Waals surface area contributed by atoms with E-state index in [-0.39, 0.29) is 11.7 Å². The lowest BCUT2D eigenvalue weighted by molar-refractivity contribution is -0.129. The maximum absolute atomic E-state index is 14.3. The van der Waals surface area contributed by atoms with Gasteiger partial charge in [0.1, 0.15) is 0 Å². The van der Waals surface area contributed by atoms with Gasteiger partial charge >= 0.3 is 0 Å². The third kappa shape index (κ3) is 4.72. The second kappa shape index (κ2) is 10.5. The Balaban J connectivity index is 1.34. The molecule has 1 fully saturated rings. The minimum Gasteiger partial charge on any atom is -0.504 e. The fraction of sp³-hybridized carbons (Fsp3) is 0.290. The number of aromatic nitrogens is 2. The molecule has 0 bridgehead atoms. The van der Waals surface area contributed by atoms with Crippen LogP contribution in [-0.2, 0) is 11.3 Å². The van der Waals surface area contributed by atoms with Gasteiger partial charge < -0.3 is 20.1 Å². The molecule has 8 nitrogen and oxygen atoms in total. The van der Waals surface area contributed by atoms with Crippen LogP contribution < -0.4 is 10.1 Å². The van der Waals surface area contributed by atoms with Crippen molar-refractivity contribution in [2.24, 2.45) is 0 Å². The number of amides is 1. The summed E-state index contributed by atoms with van der Waals surface area (Å²) in [6.45, 7) is 8.09. The van der Waals surface area contributed by atoms with Crippen molar-refractivity contribution in [2.45, 2.75) is 26.4 Å². The number of nitrogens with one attached hydrogen (secondary N) is 1. The normalized spacial score (nSPS) is 17.7. The SMILES string of the molecule is CCOc1cc([C@H]2C(C(=O)N3CCN(Cc4ccccc4)CC3)=C(C)Nc3nc4ccccc4n32)ccc1O. The Kier molecular flexibility index (Phi) is 6.70. The van der Waals surface area contributed by atoms with Gasteiger partial charge in [0.15, 0.2) is 11.5 Å². The lowest BCUT2D eigenvalue weighted by atomic mass is 9.93. The maximum Gasteiger partial charge on any atom is 0.254 e. The number of allylic oxidation sites excluding steroid dienone is 1. The molecular formula is C31H33N5O3. The Morgan fingerprint density at radius 1 is 1.03 bits per heavy atom. The van der Waals surface area contributed by atoms with Crippen LogP contribution in [0.4, 0.5) is 5.95 Å². The average molecular weight is 524 g/mol. The maximum atomic E-state index is 14.3. The van der Waals surface area contributed by atoms with Gasteiger partial charge in [-0.05, 0) is 49.2 Å². The number of para-hydroxylation sites is 2. The molecule has 0 unspecified atom stereocenters. The van der Waals surface area contributed by atoms with Crippen molar-refractivity contribution in [1.29, 1.82) is 0 Å². The van der Waals surface area contributed by atoms with Gasteiger partial charge in [-0.1, -0.05) is 48.5 Å². The van der Waals surface area contributed by atoms with Crippen LogP contribution in [0.15, 0.2) is 84.1 Å². The molecule has 1 amide bonds. The van der Waals surface area contributed by atoms with Crippen LogP contribution in [0.5, 0.6) is 11.5 Å². The van der Waals surface area contributed by atoms with Crippen molar-refractivity contribution in [1.82, 2.24) is 19.4 Å². The van der Waals surface area contributed by atoms with Crippen molar-refractivity contribution < 1.29 is 14.6 Å². The lowest BCUT2D eigenvalue weighted by Crippen LogP contribution is -2.49. The van der Waals surface area contributed by atoms with E-state index in [2.05, 4.69) is 39.0 Å². The van der Waals surface area contributed by atoms with Gasteiger partial charge in [-0.15, -0.1) is 0 Å². The van der Waals surface area contributed by atoms with Crippen LogP contribution in [0.3, 0.4) is 0 Å². The molecule has 2 aliphatic rings. The number of fused-ring (bicyclic) bond motifs is 3. The van der Waals surface area contributed by atoms with Gasteiger partial charge in [-0.3, -0.25) is 14.3 Å². The molecule has 3 aromatic carbocycles. The first kappa shape index (κ1) is 25.0. The number of anilines is 1. The Bertz CT molecular complexity index is 1540. The minimum atomic E-state index is -0.427.